The van der Waals surface area contributed by atoms with Gasteiger partial charge in [0.1, 0.15) is 23.2 Å². The third-order valence-electron chi connectivity index (χ3n) is 5.74. The zero-order valence-electron chi connectivity index (χ0n) is 17.3. The van der Waals surface area contributed by atoms with Crippen LogP contribution in [0.3, 0.4) is 0 Å². The lowest BCUT2D eigenvalue weighted by Crippen LogP contribution is -3.00. The van der Waals surface area contributed by atoms with Crippen molar-refractivity contribution in [1.82, 2.24) is 0 Å². The normalized spacial score (nSPS) is 12.2. The Bertz CT molecular complexity index is 790. The predicted molar refractivity (Wildman–Crippen MR) is 124 cm³/mol. The van der Waals surface area contributed by atoms with Crippen LogP contribution in [0.5, 0.6) is 0 Å². The zero-order chi connectivity index (χ0) is 19.1. The highest BCUT2D eigenvalue weighted by Gasteiger charge is 2.42. The summed E-state index contributed by atoms with van der Waals surface area (Å²) in [6.45, 7) is 7.19. The van der Waals surface area contributed by atoms with Crippen molar-refractivity contribution in [3.63, 3.8) is 0 Å². The molecule has 0 aliphatic rings. The molecule has 148 valence electrons. The fourth-order valence-corrected chi connectivity index (χ4v) is 7.63. The van der Waals surface area contributed by atoms with Crippen molar-refractivity contribution in [3.8, 4) is 0 Å². The summed E-state index contributed by atoms with van der Waals surface area (Å²) in [5.74, 6) is 0.597. The van der Waals surface area contributed by atoms with Crippen molar-refractivity contribution in [1.29, 1.82) is 0 Å². The molecule has 0 nitrogen and oxygen atoms in total. The van der Waals surface area contributed by atoms with Crippen LogP contribution in [0.4, 0.5) is 0 Å². The predicted octanol–water partition coefficient (Wildman–Crippen LogP) is 3.30. The Kier molecular flexibility index (Phi) is 8.93. The zero-order valence-corrected chi connectivity index (χ0v) is 19.8. The topological polar surface area (TPSA) is 0 Å². The second kappa shape index (κ2) is 10.9. The summed E-state index contributed by atoms with van der Waals surface area (Å²) in [5.41, 5.74) is 1.54. The van der Waals surface area contributed by atoms with E-state index in [1.165, 1.54) is 41.9 Å². The van der Waals surface area contributed by atoms with Gasteiger partial charge in [-0.3, -0.25) is 0 Å². The van der Waals surface area contributed by atoms with Crippen molar-refractivity contribution < 1.29 is 17.0 Å². The van der Waals surface area contributed by atoms with Gasteiger partial charge in [-0.1, -0.05) is 87.7 Å². The van der Waals surface area contributed by atoms with Crippen molar-refractivity contribution in [3.05, 3.63) is 90.5 Å². The first-order valence-electron chi connectivity index (χ1n) is 10.2. The molecule has 0 spiro atoms. The van der Waals surface area contributed by atoms with E-state index in [4.69, 9.17) is 0 Å². The summed E-state index contributed by atoms with van der Waals surface area (Å²) in [7, 11) is -1.66. The molecule has 0 saturated carbocycles. The maximum absolute atomic E-state index is 2.50. The van der Waals surface area contributed by atoms with Gasteiger partial charge < -0.3 is 17.0 Å². The van der Waals surface area contributed by atoms with Gasteiger partial charge in [-0.2, -0.15) is 0 Å². The van der Waals surface area contributed by atoms with Gasteiger partial charge in [0.25, 0.3) is 0 Å². The number of rotatable bonds is 8. The summed E-state index contributed by atoms with van der Waals surface area (Å²) >= 11 is 0. The van der Waals surface area contributed by atoms with Crippen molar-refractivity contribution in [2.45, 2.75) is 45.4 Å². The molecule has 0 N–H and O–H groups in total. The van der Waals surface area contributed by atoms with Crippen LogP contribution in [-0.4, -0.2) is 6.66 Å². The van der Waals surface area contributed by atoms with E-state index < -0.39 is 7.26 Å². The number of halogens is 1. The van der Waals surface area contributed by atoms with E-state index in [-0.39, 0.29) is 17.0 Å². The van der Waals surface area contributed by atoms with E-state index in [0.29, 0.717) is 5.92 Å². The molecule has 1 unspecified atom stereocenters. The molecule has 3 aromatic carbocycles. The Balaban J connectivity index is 0.00000280. The summed E-state index contributed by atoms with van der Waals surface area (Å²) in [5, 5.41) is 4.47. The highest BCUT2D eigenvalue weighted by atomic mass is 79.9. The SMILES string of the molecule is CCCCCC(C)c1ccccc1[P+](C)(c1ccccc1)c1ccccc1.[Br-]. The Hall–Kier alpha value is -1.43. The molecule has 0 aliphatic carbocycles. The average Bonchev–Trinajstić information content (AvgIpc) is 2.74. The molecule has 0 heterocycles. The van der Waals surface area contributed by atoms with Crippen LogP contribution in [0.2, 0.25) is 0 Å². The molecule has 0 bridgehead atoms. The van der Waals surface area contributed by atoms with Crippen LogP contribution < -0.4 is 32.9 Å². The third-order valence-corrected chi connectivity index (χ3v) is 9.77. The minimum absolute atomic E-state index is 0. The Morgan fingerprint density at radius 2 is 1.21 bits per heavy atom. The lowest BCUT2D eigenvalue weighted by atomic mass is 9.95. The Labute approximate surface area is 182 Å². The minimum atomic E-state index is -1.66. The smallest absolute Gasteiger partial charge is 0.109 e. The summed E-state index contributed by atoms with van der Waals surface area (Å²) in [6, 6.07) is 31.5. The van der Waals surface area contributed by atoms with E-state index in [2.05, 4.69) is 105 Å². The van der Waals surface area contributed by atoms with Crippen LogP contribution in [0.15, 0.2) is 84.9 Å². The van der Waals surface area contributed by atoms with Gasteiger partial charge in [0.15, 0.2) is 0 Å². The largest absolute Gasteiger partial charge is 1.00 e. The molecule has 0 fully saturated rings. The molecule has 0 radical (unpaired) electrons. The highest BCUT2D eigenvalue weighted by molar-refractivity contribution is 7.95. The van der Waals surface area contributed by atoms with Gasteiger partial charge in [0.05, 0.1) is 6.66 Å². The van der Waals surface area contributed by atoms with Crippen molar-refractivity contribution in [2.24, 2.45) is 0 Å². The first-order chi connectivity index (χ1) is 13.2. The van der Waals surface area contributed by atoms with Crippen molar-refractivity contribution >= 4 is 23.2 Å². The van der Waals surface area contributed by atoms with Crippen molar-refractivity contribution in [2.75, 3.05) is 6.66 Å². The fraction of sp³-hybridized carbons (Fsp3) is 0.308. The quantitative estimate of drug-likeness (QED) is 0.361. The summed E-state index contributed by atoms with van der Waals surface area (Å²) in [4.78, 5) is 0. The molecule has 0 saturated heterocycles. The Morgan fingerprint density at radius 3 is 1.75 bits per heavy atom. The van der Waals surface area contributed by atoms with Gasteiger partial charge in [0, 0.05) is 0 Å². The Morgan fingerprint density at radius 1 is 0.714 bits per heavy atom. The van der Waals surface area contributed by atoms with E-state index in [1.807, 2.05) is 0 Å². The van der Waals surface area contributed by atoms with Gasteiger partial charge in [-0.25, -0.2) is 0 Å². The molecular weight excluding hydrogens is 423 g/mol. The molecule has 0 amide bonds. The highest BCUT2D eigenvalue weighted by Crippen LogP contribution is 2.53. The first kappa shape index (κ1) is 22.9. The van der Waals surface area contributed by atoms with Crippen LogP contribution in [-0.2, 0) is 0 Å². The molecule has 3 aromatic rings. The van der Waals surface area contributed by atoms with E-state index >= 15 is 0 Å². The average molecular weight is 455 g/mol. The number of hydrogen-bond donors (Lipinski definition) is 0. The van der Waals surface area contributed by atoms with E-state index in [9.17, 15) is 0 Å². The molecular formula is C26H32BrP. The lowest BCUT2D eigenvalue weighted by molar-refractivity contribution is -0.00000554. The number of unbranched alkanes of at least 4 members (excludes halogenated alkanes) is 2. The molecule has 0 aliphatic heterocycles. The lowest BCUT2D eigenvalue weighted by Gasteiger charge is -2.27. The van der Waals surface area contributed by atoms with E-state index in [1.54, 1.807) is 5.30 Å². The van der Waals surface area contributed by atoms with Gasteiger partial charge in [0.2, 0.25) is 0 Å². The minimum Gasteiger partial charge on any atom is -1.00 e. The van der Waals surface area contributed by atoms with Crippen LogP contribution in [0, 0.1) is 0 Å². The standard InChI is InChI=1S/C26H32P.BrH/c1-4-5-8-15-22(2)25-20-13-14-21-26(25)27(3,23-16-9-6-10-17-23)24-18-11-7-12-19-24;/h6-7,9-14,16-22H,4-5,8,15H2,1-3H3;1H/q+1;/p-1. The van der Waals surface area contributed by atoms with Crippen LogP contribution in [0.1, 0.15) is 51.0 Å². The van der Waals surface area contributed by atoms with Crippen LogP contribution >= 0.6 is 7.26 Å². The fourth-order valence-electron chi connectivity index (χ4n) is 4.05. The monoisotopic (exact) mass is 454 g/mol. The maximum atomic E-state index is 2.50. The van der Waals surface area contributed by atoms with Gasteiger partial charge in [-0.05, 0) is 48.2 Å². The van der Waals surface area contributed by atoms with Gasteiger partial charge in [-0.15, -0.1) is 0 Å². The second-order valence-corrected chi connectivity index (χ2v) is 11.2. The second-order valence-electron chi connectivity index (χ2n) is 7.63. The molecule has 28 heavy (non-hydrogen) atoms. The van der Waals surface area contributed by atoms with Gasteiger partial charge >= 0.3 is 0 Å². The van der Waals surface area contributed by atoms with Crippen LogP contribution in [0.25, 0.3) is 0 Å². The third kappa shape index (κ3) is 4.94. The molecule has 2 heteroatoms. The molecule has 1 atom stereocenters. The first-order valence-corrected chi connectivity index (χ1v) is 12.5. The molecule has 0 aromatic heterocycles. The maximum Gasteiger partial charge on any atom is 0.109 e. The molecule has 3 rings (SSSR count). The summed E-state index contributed by atoms with van der Waals surface area (Å²) < 4.78 is 0. The number of hydrogen-bond acceptors (Lipinski definition) is 0. The van der Waals surface area contributed by atoms with E-state index in [0.717, 1.165) is 0 Å². The summed E-state index contributed by atoms with van der Waals surface area (Å²) in [6.07, 6.45) is 5.20. The number of benzene rings is 3.